The molecule has 1 heterocycles. The molecule has 8 heteroatoms. The highest BCUT2D eigenvalue weighted by atomic mass is 35.5. The summed E-state index contributed by atoms with van der Waals surface area (Å²) in [6.07, 6.45) is 0.775. The maximum Gasteiger partial charge on any atom is 0.316 e. The van der Waals surface area contributed by atoms with Crippen molar-refractivity contribution in [1.82, 2.24) is 14.9 Å². The highest BCUT2D eigenvalue weighted by Gasteiger charge is 2.36. The molecule has 1 saturated heterocycles. The lowest BCUT2D eigenvalue weighted by molar-refractivity contribution is 0.226. The molecule has 122 valence electrons. The average molecular weight is 346 g/mol. The molecule has 0 aromatic heterocycles. The van der Waals surface area contributed by atoms with Gasteiger partial charge in [-0.1, -0.05) is 11.6 Å². The van der Waals surface area contributed by atoms with Gasteiger partial charge in [-0.05, 0) is 51.0 Å². The van der Waals surface area contributed by atoms with Gasteiger partial charge < -0.3 is 10.6 Å². The Bertz CT molecular complexity index is 631. The fourth-order valence-electron chi connectivity index (χ4n) is 2.37. The van der Waals surface area contributed by atoms with Gasteiger partial charge >= 0.3 is 6.03 Å². The van der Waals surface area contributed by atoms with Crippen LogP contribution in [0.5, 0.6) is 0 Å². The van der Waals surface area contributed by atoms with E-state index in [0.717, 1.165) is 0 Å². The fraction of sp³-hybridized carbons (Fsp3) is 0.500. The zero-order valence-corrected chi connectivity index (χ0v) is 14.1. The van der Waals surface area contributed by atoms with E-state index in [1.54, 1.807) is 12.1 Å². The number of carbonyl (C=O) groups excluding carboxylic acids is 1. The van der Waals surface area contributed by atoms with Gasteiger partial charge in [0.15, 0.2) is 0 Å². The van der Waals surface area contributed by atoms with Gasteiger partial charge in [-0.25, -0.2) is 13.2 Å². The first kappa shape index (κ1) is 17.1. The predicted octanol–water partition coefficient (Wildman–Crippen LogP) is 2.16. The van der Waals surface area contributed by atoms with Crippen LogP contribution in [0.15, 0.2) is 29.2 Å². The Balaban J connectivity index is 2.15. The van der Waals surface area contributed by atoms with Gasteiger partial charge in [-0.2, -0.15) is 4.31 Å². The Kier molecular flexibility index (Phi) is 5.31. The van der Waals surface area contributed by atoms with Gasteiger partial charge in [0.25, 0.3) is 0 Å². The van der Waals surface area contributed by atoms with Crippen LogP contribution in [0.3, 0.4) is 0 Å². The topological polar surface area (TPSA) is 78.5 Å². The number of halogens is 1. The van der Waals surface area contributed by atoms with E-state index in [1.807, 2.05) is 13.8 Å². The number of benzene rings is 1. The summed E-state index contributed by atoms with van der Waals surface area (Å²) in [6.45, 7) is 4.07. The Morgan fingerprint density at radius 2 is 1.95 bits per heavy atom. The van der Waals surface area contributed by atoms with Gasteiger partial charge in [0.1, 0.15) is 0 Å². The molecule has 0 saturated carbocycles. The SMILES string of the molecule is CC(C)NC(=O)N[C@@H]1CCCN1S(=O)(=O)c1ccc(Cl)cc1. The Morgan fingerprint density at radius 1 is 1.32 bits per heavy atom. The van der Waals surface area contributed by atoms with Gasteiger partial charge in [0.2, 0.25) is 10.0 Å². The lowest BCUT2D eigenvalue weighted by Crippen LogP contribution is -2.51. The second kappa shape index (κ2) is 6.85. The van der Waals surface area contributed by atoms with E-state index in [1.165, 1.54) is 16.4 Å². The van der Waals surface area contributed by atoms with Crippen molar-refractivity contribution in [3.8, 4) is 0 Å². The Hall–Kier alpha value is -1.31. The molecule has 22 heavy (non-hydrogen) atoms. The van der Waals surface area contributed by atoms with Crippen LogP contribution in [-0.2, 0) is 10.0 Å². The molecule has 2 N–H and O–H groups in total. The van der Waals surface area contributed by atoms with Gasteiger partial charge in [0.05, 0.1) is 11.1 Å². The molecule has 2 rings (SSSR count). The van der Waals surface area contributed by atoms with Crippen LogP contribution in [0.25, 0.3) is 0 Å². The van der Waals surface area contributed by atoms with Crippen LogP contribution in [0.1, 0.15) is 26.7 Å². The average Bonchev–Trinajstić information content (AvgIpc) is 2.87. The number of nitrogens with one attached hydrogen (secondary N) is 2. The summed E-state index contributed by atoms with van der Waals surface area (Å²) in [4.78, 5) is 12.0. The monoisotopic (exact) mass is 345 g/mol. The minimum absolute atomic E-state index is 0.0114. The molecule has 0 spiro atoms. The molecule has 0 aliphatic carbocycles. The highest BCUT2D eigenvalue weighted by Crippen LogP contribution is 2.25. The van der Waals surface area contributed by atoms with Crippen LogP contribution in [0.4, 0.5) is 4.79 Å². The number of hydrogen-bond donors (Lipinski definition) is 2. The number of rotatable bonds is 4. The van der Waals surface area contributed by atoms with E-state index in [4.69, 9.17) is 11.6 Å². The maximum atomic E-state index is 12.7. The molecule has 1 aliphatic rings. The van der Waals surface area contributed by atoms with Gasteiger partial charge in [-0.15, -0.1) is 0 Å². The summed E-state index contributed by atoms with van der Waals surface area (Å²) in [5.41, 5.74) is 0. The largest absolute Gasteiger partial charge is 0.336 e. The van der Waals surface area contributed by atoms with Crippen LogP contribution >= 0.6 is 11.6 Å². The minimum atomic E-state index is -3.65. The van der Waals surface area contributed by atoms with Crippen LogP contribution in [0, 0.1) is 0 Å². The molecule has 1 atom stereocenters. The maximum absolute atomic E-state index is 12.7. The van der Waals surface area contributed by atoms with Gasteiger partial charge in [0, 0.05) is 17.6 Å². The second-order valence-corrected chi connectivity index (χ2v) is 7.83. The van der Waals surface area contributed by atoms with E-state index >= 15 is 0 Å². The zero-order valence-electron chi connectivity index (χ0n) is 12.5. The first-order valence-electron chi connectivity index (χ1n) is 7.15. The number of urea groups is 1. The van der Waals surface area contributed by atoms with Gasteiger partial charge in [-0.3, -0.25) is 0 Å². The number of amides is 2. The molecular weight excluding hydrogens is 326 g/mol. The van der Waals surface area contributed by atoms with Crippen LogP contribution in [0.2, 0.25) is 5.02 Å². The third-order valence-electron chi connectivity index (χ3n) is 3.34. The molecule has 1 aromatic carbocycles. The summed E-state index contributed by atoms with van der Waals surface area (Å²) in [5.74, 6) is 0. The van der Waals surface area contributed by atoms with Crippen molar-refractivity contribution < 1.29 is 13.2 Å². The third-order valence-corrected chi connectivity index (χ3v) is 5.52. The summed E-state index contributed by atoms with van der Waals surface area (Å²) in [7, 11) is -3.65. The van der Waals surface area contributed by atoms with Crippen molar-refractivity contribution in [2.45, 2.75) is 43.8 Å². The van der Waals surface area contributed by atoms with E-state index in [0.29, 0.717) is 24.4 Å². The summed E-state index contributed by atoms with van der Waals surface area (Å²) in [6, 6.07) is 5.65. The number of carbonyl (C=O) groups is 1. The van der Waals surface area contributed by atoms with Crippen molar-refractivity contribution in [3.63, 3.8) is 0 Å². The minimum Gasteiger partial charge on any atom is -0.336 e. The van der Waals surface area contributed by atoms with Crippen molar-refractivity contribution in [2.24, 2.45) is 0 Å². The third kappa shape index (κ3) is 3.91. The van der Waals surface area contributed by atoms with Crippen molar-refractivity contribution in [2.75, 3.05) is 6.54 Å². The first-order chi connectivity index (χ1) is 10.3. The van der Waals surface area contributed by atoms with Crippen molar-refractivity contribution in [1.29, 1.82) is 0 Å². The first-order valence-corrected chi connectivity index (χ1v) is 8.97. The molecule has 6 nitrogen and oxygen atoms in total. The molecule has 1 aliphatic heterocycles. The quantitative estimate of drug-likeness (QED) is 0.877. The smallest absolute Gasteiger partial charge is 0.316 e. The summed E-state index contributed by atoms with van der Waals surface area (Å²) >= 11 is 5.79. The zero-order chi connectivity index (χ0) is 16.3. The summed E-state index contributed by atoms with van der Waals surface area (Å²) < 4.78 is 26.7. The normalized spacial score (nSPS) is 19.4. The number of sulfonamides is 1. The van der Waals surface area contributed by atoms with E-state index in [2.05, 4.69) is 10.6 Å². The Morgan fingerprint density at radius 3 is 2.55 bits per heavy atom. The van der Waals surface area contributed by atoms with E-state index in [9.17, 15) is 13.2 Å². The van der Waals surface area contributed by atoms with Crippen molar-refractivity contribution in [3.05, 3.63) is 29.3 Å². The lowest BCUT2D eigenvalue weighted by atomic mass is 10.3. The summed E-state index contributed by atoms with van der Waals surface area (Å²) in [5, 5.41) is 5.90. The second-order valence-electron chi connectivity index (χ2n) is 5.50. The van der Waals surface area contributed by atoms with E-state index < -0.39 is 16.2 Å². The molecule has 2 amide bonds. The number of hydrogen-bond acceptors (Lipinski definition) is 3. The predicted molar refractivity (Wildman–Crippen MR) is 85.2 cm³/mol. The number of nitrogens with zero attached hydrogens (tertiary/aromatic N) is 1. The van der Waals surface area contributed by atoms with Crippen LogP contribution in [-0.4, -0.2) is 37.5 Å². The lowest BCUT2D eigenvalue weighted by Gasteiger charge is -2.25. The van der Waals surface area contributed by atoms with E-state index in [-0.39, 0.29) is 17.0 Å². The van der Waals surface area contributed by atoms with Crippen molar-refractivity contribution >= 4 is 27.7 Å². The Labute approximate surface area is 135 Å². The molecule has 0 bridgehead atoms. The molecule has 0 radical (unpaired) electrons. The molecular formula is C14H20ClN3O3S. The molecule has 1 aromatic rings. The fourth-order valence-corrected chi connectivity index (χ4v) is 4.11. The molecule has 1 fully saturated rings. The van der Waals surface area contributed by atoms with Crippen LogP contribution < -0.4 is 10.6 Å². The molecule has 0 unspecified atom stereocenters. The highest BCUT2D eigenvalue weighted by molar-refractivity contribution is 7.89. The standard InChI is InChI=1S/C14H20ClN3O3S/c1-10(2)16-14(19)17-13-4-3-9-18(13)22(20,21)12-7-5-11(15)6-8-12/h5-8,10,13H,3-4,9H2,1-2H3,(H2,16,17,19)/t13-/m0/s1.